The highest BCUT2D eigenvalue weighted by Crippen LogP contribution is 2.24. The number of carbonyl (C=O) groups excluding carboxylic acids is 2. The summed E-state index contributed by atoms with van der Waals surface area (Å²) in [6, 6.07) is 12.5. The molecule has 27 heavy (non-hydrogen) atoms. The number of ether oxygens (including phenoxy) is 2. The summed E-state index contributed by atoms with van der Waals surface area (Å²) in [5, 5.41) is 0.404. The Hall–Kier alpha value is -2.73. The van der Waals surface area contributed by atoms with Gasteiger partial charge in [0.2, 0.25) is 0 Å². The van der Waals surface area contributed by atoms with Crippen molar-refractivity contribution in [3.05, 3.63) is 58.6 Å². The van der Waals surface area contributed by atoms with Gasteiger partial charge in [0.25, 0.3) is 11.8 Å². The van der Waals surface area contributed by atoms with Gasteiger partial charge in [-0.3, -0.25) is 20.4 Å². The minimum atomic E-state index is -0.514. The maximum Gasteiger partial charge on any atom is 0.276 e. The molecule has 2 rings (SSSR count). The molecule has 0 radical (unpaired) electrons. The second-order valence-electron chi connectivity index (χ2n) is 6.28. The summed E-state index contributed by atoms with van der Waals surface area (Å²) < 4.78 is 10.7. The SMILES string of the molecule is Cc1cc(OCC(=O)NNC(=O)COc2ccccc2Cl)ccc1C(C)C. The Kier molecular flexibility index (Phi) is 7.49. The molecule has 0 unspecified atom stereocenters. The quantitative estimate of drug-likeness (QED) is 0.710. The van der Waals surface area contributed by atoms with E-state index >= 15 is 0 Å². The molecule has 2 N–H and O–H groups in total. The Bertz CT molecular complexity index is 808. The van der Waals surface area contributed by atoms with E-state index in [1.807, 2.05) is 25.1 Å². The molecule has 2 aromatic rings. The van der Waals surface area contributed by atoms with Crippen molar-refractivity contribution in [1.29, 1.82) is 0 Å². The second-order valence-corrected chi connectivity index (χ2v) is 6.68. The van der Waals surface area contributed by atoms with E-state index in [4.69, 9.17) is 21.1 Å². The smallest absolute Gasteiger partial charge is 0.276 e. The molecule has 0 aliphatic rings. The van der Waals surface area contributed by atoms with Gasteiger partial charge in [-0.2, -0.15) is 0 Å². The first-order chi connectivity index (χ1) is 12.9. The molecule has 0 bridgehead atoms. The molecule has 0 spiro atoms. The highest BCUT2D eigenvalue weighted by molar-refractivity contribution is 6.32. The lowest BCUT2D eigenvalue weighted by atomic mass is 9.98. The number of amides is 2. The third kappa shape index (κ3) is 6.49. The minimum absolute atomic E-state index is 0.216. The van der Waals surface area contributed by atoms with E-state index < -0.39 is 11.8 Å². The van der Waals surface area contributed by atoms with Crippen LogP contribution in [0.3, 0.4) is 0 Å². The fourth-order valence-corrected chi connectivity index (χ4v) is 2.64. The van der Waals surface area contributed by atoms with Crippen LogP contribution in [0.15, 0.2) is 42.5 Å². The van der Waals surface area contributed by atoms with Crippen LogP contribution in [0.1, 0.15) is 30.9 Å². The van der Waals surface area contributed by atoms with Crippen molar-refractivity contribution in [1.82, 2.24) is 10.9 Å². The third-order valence-corrected chi connectivity index (χ3v) is 4.08. The number of hydrazine groups is 1. The van der Waals surface area contributed by atoms with E-state index in [2.05, 4.69) is 24.7 Å². The first kappa shape index (κ1) is 20.6. The van der Waals surface area contributed by atoms with Crippen molar-refractivity contribution in [3.63, 3.8) is 0 Å². The Morgan fingerprint density at radius 3 is 2.22 bits per heavy atom. The van der Waals surface area contributed by atoms with Gasteiger partial charge in [0, 0.05) is 0 Å². The van der Waals surface area contributed by atoms with Gasteiger partial charge < -0.3 is 9.47 Å². The van der Waals surface area contributed by atoms with Crippen molar-refractivity contribution in [2.24, 2.45) is 0 Å². The second kappa shape index (κ2) is 9.83. The van der Waals surface area contributed by atoms with Crippen LogP contribution >= 0.6 is 11.6 Å². The average Bonchev–Trinajstić information content (AvgIpc) is 2.63. The molecule has 7 heteroatoms. The Morgan fingerprint density at radius 1 is 1.00 bits per heavy atom. The predicted octanol–water partition coefficient (Wildman–Crippen LogP) is 3.38. The van der Waals surface area contributed by atoms with Crippen LogP contribution in [0.25, 0.3) is 0 Å². The fourth-order valence-electron chi connectivity index (χ4n) is 2.45. The molecule has 0 fully saturated rings. The lowest BCUT2D eigenvalue weighted by molar-refractivity contribution is -0.131. The van der Waals surface area contributed by atoms with Crippen molar-refractivity contribution < 1.29 is 19.1 Å². The Morgan fingerprint density at radius 2 is 1.63 bits per heavy atom. The molecule has 2 amide bonds. The number of carbonyl (C=O) groups is 2. The number of aryl methyl sites for hydroxylation is 1. The largest absolute Gasteiger partial charge is 0.484 e. The number of nitrogens with one attached hydrogen (secondary N) is 2. The fraction of sp³-hybridized carbons (Fsp3) is 0.300. The van der Waals surface area contributed by atoms with Gasteiger partial charge >= 0.3 is 0 Å². The highest BCUT2D eigenvalue weighted by Gasteiger charge is 2.09. The van der Waals surface area contributed by atoms with Gasteiger partial charge in [-0.25, -0.2) is 0 Å². The topological polar surface area (TPSA) is 76.7 Å². The number of halogens is 1. The first-order valence-corrected chi connectivity index (χ1v) is 8.93. The van der Waals surface area contributed by atoms with Crippen molar-refractivity contribution >= 4 is 23.4 Å². The van der Waals surface area contributed by atoms with E-state index in [9.17, 15) is 9.59 Å². The van der Waals surface area contributed by atoms with E-state index in [0.29, 0.717) is 22.4 Å². The predicted molar refractivity (Wildman–Crippen MR) is 104 cm³/mol. The minimum Gasteiger partial charge on any atom is -0.484 e. The standard InChI is InChI=1S/C20H23ClN2O4/c1-13(2)16-9-8-15(10-14(16)3)26-11-19(24)22-23-20(25)12-27-18-7-5-4-6-17(18)21/h4-10,13H,11-12H2,1-3H3,(H,22,24)(H,23,25). The van der Waals surface area contributed by atoms with Crippen LogP contribution in [-0.4, -0.2) is 25.0 Å². The molecule has 6 nitrogen and oxygen atoms in total. The molecule has 0 aromatic heterocycles. The van der Waals surface area contributed by atoms with Gasteiger partial charge in [-0.15, -0.1) is 0 Å². The van der Waals surface area contributed by atoms with Crippen LogP contribution in [0, 0.1) is 6.92 Å². The van der Waals surface area contributed by atoms with E-state index in [-0.39, 0.29) is 13.2 Å². The molecule has 0 atom stereocenters. The summed E-state index contributed by atoms with van der Waals surface area (Å²) >= 11 is 5.93. The summed E-state index contributed by atoms with van der Waals surface area (Å²) in [5.74, 6) is 0.419. The molecular formula is C20H23ClN2O4. The van der Waals surface area contributed by atoms with Gasteiger partial charge in [0.1, 0.15) is 11.5 Å². The summed E-state index contributed by atoms with van der Waals surface area (Å²) in [6.45, 7) is 5.75. The molecule has 0 saturated carbocycles. The van der Waals surface area contributed by atoms with Crippen LogP contribution in [0.4, 0.5) is 0 Å². The molecule has 0 heterocycles. The van der Waals surface area contributed by atoms with Crippen LogP contribution < -0.4 is 20.3 Å². The van der Waals surface area contributed by atoms with Gasteiger partial charge in [-0.1, -0.05) is 43.6 Å². The highest BCUT2D eigenvalue weighted by atomic mass is 35.5. The maximum atomic E-state index is 11.8. The molecule has 0 saturated heterocycles. The van der Waals surface area contributed by atoms with Gasteiger partial charge in [-0.05, 0) is 48.2 Å². The number of benzene rings is 2. The zero-order valence-electron chi connectivity index (χ0n) is 15.5. The zero-order chi connectivity index (χ0) is 19.8. The van der Waals surface area contributed by atoms with Crippen LogP contribution in [0.5, 0.6) is 11.5 Å². The third-order valence-electron chi connectivity index (χ3n) is 3.77. The summed E-state index contributed by atoms with van der Waals surface area (Å²) in [7, 11) is 0. The van der Waals surface area contributed by atoms with E-state index in [1.54, 1.807) is 24.3 Å². The van der Waals surface area contributed by atoms with Crippen molar-refractivity contribution in [3.8, 4) is 11.5 Å². The van der Waals surface area contributed by atoms with Gasteiger partial charge in [0.15, 0.2) is 13.2 Å². The summed E-state index contributed by atoms with van der Waals surface area (Å²) in [5.41, 5.74) is 6.87. The first-order valence-electron chi connectivity index (χ1n) is 8.55. The van der Waals surface area contributed by atoms with Crippen LogP contribution in [0.2, 0.25) is 5.02 Å². The lowest BCUT2D eigenvalue weighted by Gasteiger charge is -2.13. The van der Waals surface area contributed by atoms with Gasteiger partial charge in [0.05, 0.1) is 5.02 Å². The molecular weight excluding hydrogens is 368 g/mol. The summed E-state index contributed by atoms with van der Waals surface area (Å²) in [4.78, 5) is 23.5. The zero-order valence-corrected chi connectivity index (χ0v) is 16.3. The normalized spacial score (nSPS) is 10.4. The number of para-hydroxylation sites is 1. The van der Waals surface area contributed by atoms with E-state index in [1.165, 1.54) is 5.56 Å². The Labute approximate surface area is 163 Å². The average molecular weight is 391 g/mol. The van der Waals surface area contributed by atoms with Crippen molar-refractivity contribution in [2.75, 3.05) is 13.2 Å². The molecule has 2 aromatic carbocycles. The Balaban J connectivity index is 1.72. The monoisotopic (exact) mass is 390 g/mol. The number of hydrogen-bond acceptors (Lipinski definition) is 4. The van der Waals surface area contributed by atoms with E-state index in [0.717, 1.165) is 5.56 Å². The number of hydrogen-bond donors (Lipinski definition) is 2. The van der Waals surface area contributed by atoms with Crippen LogP contribution in [-0.2, 0) is 9.59 Å². The van der Waals surface area contributed by atoms with Crippen molar-refractivity contribution in [2.45, 2.75) is 26.7 Å². The molecule has 0 aliphatic heterocycles. The number of rotatable bonds is 7. The lowest BCUT2D eigenvalue weighted by Crippen LogP contribution is -2.45. The molecule has 0 aliphatic carbocycles. The maximum absolute atomic E-state index is 11.8. The summed E-state index contributed by atoms with van der Waals surface area (Å²) in [6.07, 6.45) is 0. The molecule has 144 valence electrons.